The van der Waals surface area contributed by atoms with E-state index in [9.17, 15) is 17.6 Å². The lowest BCUT2D eigenvalue weighted by Gasteiger charge is -2.19. The number of alkyl halides is 3. The number of halogens is 4. The van der Waals surface area contributed by atoms with Crippen molar-refractivity contribution in [1.29, 1.82) is 0 Å². The summed E-state index contributed by atoms with van der Waals surface area (Å²) in [5, 5.41) is 2.89. The van der Waals surface area contributed by atoms with E-state index in [0.29, 0.717) is 6.54 Å². The third-order valence-electron chi connectivity index (χ3n) is 2.48. The number of methoxy groups -OCH3 is 1. The van der Waals surface area contributed by atoms with Crippen molar-refractivity contribution in [1.82, 2.24) is 5.32 Å². The minimum Gasteiger partial charge on any atom is -0.383 e. The summed E-state index contributed by atoms with van der Waals surface area (Å²) in [7, 11) is 1.41. The van der Waals surface area contributed by atoms with Gasteiger partial charge in [0.15, 0.2) is 0 Å². The molecule has 0 radical (unpaired) electrons. The van der Waals surface area contributed by atoms with Gasteiger partial charge in [0.25, 0.3) is 0 Å². The lowest BCUT2D eigenvalue weighted by atomic mass is 10.0. The van der Waals surface area contributed by atoms with E-state index < -0.39 is 23.6 Å². The predicted octanol–water partition coefficient (Wildman–Crippen LogP) is 3.14. The first-order valence-electron chi connectivity index (χ1n) is 5.49. The normalized spacial score (nSPS) is 13.7. The molecular formula is C12H15F4NO. The van der Waals surface area contributed by atoms with E-state index >= 15 is 0 Å². The Kier molecular flexibility index (Phi) is 5.10. The number of hydrogen-bond donors (Lipinski definition) is 1. The summed E-state index contributed by atoms with van der Waals surface area (Å²) in [5.41, 5.74) is -0.897. The van der Waals surface area contributed by atoms with Gasteiger partial charge in [0.05, 0.1) is 18.2 Å². The molecule has 102 valence electrons. The minimum absolute atomic E-state index is 0.0338. The molecule has 1 aromatic carbocycles. The number of rotatable bonds is 5. The average Bonchev–Trinajstić information content (AvgIpc) is 2.28. The van der Waals surface area contributed by atoms with Crippen LogP contribution in [0.2, 0.25) is 0 Å². The maximum Gasteiger partial charge on any atom is 0.416 e. The van der Waals surface area contributed by atoms with Gasteiger partial charge in [-0.3, -0.25) is 0 Å². The van der Waals surface area contributed by atoms with Crippen molar-refractivity contribution in [2.75, 3.05) is 20.3 Å². The van der Waals surface area contributed by atoms with E-state index in [0.717, 1.165) is 18.2 Å². The highest BCUT2D eigenvalue weighted by molar-refractivity contribution is 5.29. The molecule has 0 aliphatic carbocycles. The molecule has 1 unspecified atom stereocenters. The Hall–Kier alpha value is -1.14. The lowest BCUT2D eigenvalue weighted by molar-refractivity contribution is -0.137. The first-order chi connectivity index (χ1) is 8.40. The Labute approximate surface area is 103 Å². The van der Waals surface area contributed by atoms with Crippen LogP contribution in [-0.2, 0) is 10.9 Å². The zero-order chi connectivity index (χ0) is 13.8. The van der Waals surface area contributed by atoms with Crippen LogP contribution in [0, 0.1) is 5.82 Å². The fraction of sp³-hybridized carbons (Fsp3) is 0.500. The van der Waals surface area contributed by atoms with Crippen molar-refractivity contribution in [3.8, 4) is 0 Å². The third kappa shape index (κ3) is 3.68. The maximum atomic E-state index is 13.6. The smallest absolute Gasteiger partial charge is 0.383 e. The van der Waals surface area contributed by atoms with Gasteiger partial charge < -0.3 is 10.1 Å². The molecule has 0 aliphatic rings. The van der Waals surface area contributed by atoms with E-state index in [2.05, 4.69) is 5.32 Å². The average molecular weight is 265 g/mol. The molecule has 2 nitrogen and oxygen atoms in total. The van der Waals surface area contributed by atoms with E-state index in [4.69, 9.17) is 4.74 Å². The second-order valence-electron chi connectivity index (χ2n) is 3.80. The molecule has 0 amide bonds. The van der Waals surface area contributed by atoms with Crippen LogP contribution >= 0.6 is 0 Å². The van der Waals surface area contributed by atoms with Crippen molar-refractivity contribution in [2.45, 2.75) is 19.1 Å². The van der Waals surface area contributed by atoms with Crippen molar-refractivity contribution in [2.24, 2.45) is 0 Å². The van der Waals surface area contributed by atoms with Gasteiger partial charge in [0, 0.05) is 12.7 Å². The fourth-order valence-corrected chi connectivity index (χ4v) is 1.66. The largest absolute Gasteiger partial charge is 0.416 e. The minimum atomic E-state index is -4.48. The number of hydrogen-bond acceptors (Lipinski definition) is 2. The van der Waals surface area contributed by atoms with Gasteiger partial charge >= 0.3 is 6.18 Å². The summed E-state index contributed by atoms with van der Waals surface area (Å²) in [6.45, 7) is 2.39. The quantitative estimate of drug-likeness (QED) is 0.826. The molecule has 0 spiro atoms. The van der Waals surface area contributed by atoms with Crippen molar-refractivity contribution in [3.63, 3.8) is 0 Å². The molecule has 1 atom stereocenters. The molecule has 0 heterocycles. The highest BCUT2D eigenvalue weighted by Crippen LogP contribution is 2.31. The molecule has 1 aromatic rings. The van der Waals surface area contributed by atoms with Crippen molar-refractivity contribution < 1.29 is 22.3 Å². The first kappa shape index (κ1) is 14.9. The van der Waals surface area contributed by atoms with E-state index in [1.807, 2.05) is 0 Å². The van der Waals surface area contributed by atoms with Crippen LogP contribution < -0.4 is 5.32 Å². The Balaban J connectivity index is 3.11. The molecule has 0 saturated carbocycles. The van der Waals surface area contributed by atoms with E-state index in [-0.39, 0.29) is 12.2 Å². The number of nitrogens with one attached hydrogen (secondary N) is 1. The predicted molar refractivity (Wildman–Crippen MR) is 59.7 cm³/mol. The summed E-state index contributed by atoms with van der Waals surface area (Å²) < 4.78 is 56.2. The zero-order valence-corrected chi connectivity index (χ0v) is 10.1. The molecule has 0 bridgehead atoms. The first-order valence-corrected chi connectivity index (χ1v) is 5.49. The molecule has 0 aliphatic heterocycles. The van der Waals surface area contributed by atoms with Crippen LogP contribution in [0.15, 0.2) is 18.2 Å². The molecule has 6 heteroatoms. The Morgan fingerprint density at radius 2 is 2.00 bits per heavy atom. The SMILES string of the molecule is CCNC(COC)c1cc(C(F)(F)F)ccc1F. The van der Waals surface area contributed by atoms with Gasteiger partial charge in [0.2, 0.25) is 0 Å². The maximum absolute atomic E-state index is 13.6. The molecule has 0 saturated heterocycles. The summed E-state index contributed by atoms with van der Waals surface area (Å²) >= 11 is 0. The van der Waals surface area contributed by atoms with Gasteiger partial charge in [-0.15, -0.1) is 0 Å². The van der Waals surface area contributed by atoms with Gasteiger partial charge in [-0.2, -0.15) is 13.2 Å². The Bertz CT molecular complexity index is 386. The number of likely N-dealkylation sites (N-methyl/N-ethyl adjacent to an activating group) is 1. The van der Waals surface area contributed by atoms with Gasteiger partial charge in [0.1, 0.15) is 5.82 Å². The monoisotopic (exact) mass is 265 g/mol. The van der Waals surface area contributed by atoms with Crippen LogP contribution in [0.25, 0.3) is 0 Å². The summed E-state index contributed by atoms with van der Waals surface area (Å²) in [5.74, 6) is -0.675. The summed E-state index contributed by atoms with van der Waals surface area (Å²) in [4.78, 5) is 0. The van der Waals surface area contributed by atoms with Crippen molar-refractivity contribution in [3.05, 3.63) is 35.1 Å². The lowest BCUT2D eigenvalue weighted by Crippen LogP contribution is -2.26. The fourth-order valence-electron chi connectivity index (χ4n) is 1.66. The summed E-state index contributed by atoms with van der Waals surface area (Å²) in [6, 6.07) is 1.79. The highest BCUT2D eigenvalue weighted by Gasteiger charge is 2.31. The van der Waals surface area contributed by atoms with Crippen LogP contribution in [0.3, 0.4) is 0 Å². The van der Waals surface area contributed by atoms with Gasteiger partial charge in [-0.05, 0) is 24.7 Å². The summed E-state index contributed by atoms with van der Waals surface area (Å²) in [6.07, 6.45) is -4.48. The van der Waals surface area contributed by atoms with Crippen molar-refractivity contribution >= 4 is 0 Å². The number of benzene rings is 1. The Morgan fingerprint density at radius 1 is 1.33 bits per heavy atom. The molecule has 18 heavy (non-hydrogen) atoms. The molecular weight excluding hydrogens is 250 g/mol. The molecule has 1 rings (SSSR count). The third-order valence-corrected chi connectivity index (χ3v) is 2.48. The zero-order valence-electron chi connectivity index (χ0n) is 10.1. The van der Waals surface area contributed by atoms with Crippen LogP contribution in [0.4, 0.5) is 17.6 Å². The van der Waals surface area contributed by atoms with E-state index in [1.54, 1.807) is 6.92 Å². The molecule has 1 N–H and O–H groups in total. The second kappa shape index (κ2) is 6.15. The second-order valence-corrected chi connectivity index (χ2v) is 3.80. The Morgan fingerprint density at radius 3 is 2.50 bits per heavy atom. The van der Waals surface area contributed by atoms with Gasteiger partial charge in [-0.25, -0.2) is 4.39 Å². The van der Waals surface area contributed by atoms with Gasteiger partial charge in [-0.1, -0.05) is 6.92 Å². The molecule has 0 fully saturated rings. The molecule has 0 aromatic heterocycles. The highest BCUT2D eigenvalue weighted by atomic mass is 19.4. The van der Waals surface area contributed by atoms with Crippen LogP contribution in [-0.4, -0.2) is 20.3 Å². The van der Waals surface area contributed by atoms with Crippen LogP contribution in [0.1, 0.15) is 24.1 Å². The standard InChI is InChI=1S/C12H15F4NO/c1-3-17-11(7-18-2)9-6-8(12(14,15)16)4-5-10(9)13/h4-6,11,17H,3,7H2,1-2H3. The topological polar surface area (TPSA) is 21.3 Å². The van der Waals surface area contributed by atoms with E-state index in [1.165, 1.54) is 7.11 Å². The number of ether oxygens (including phenoxy) is 1. The van der Waals surface area contributed by atoms with Crippen LogP contribution in [0.5, 0.6) is 0 Å².